The molecule has 2 fully saturated rings. The molecular formula is C21H32N4O2. The number of carbonyl (C=O) groups excluding carboxylic acids is 2. The highest BCUT2D eigenvalue weighted by molar-refractivity contribution is 5.76. The first-order valence-electron chi connectivity index (χ1n) is 10.1. The van der Waals surface area contributed by atoms with Gasteiger partial charge in [0.1, 0.15) is 0 Å². The van der Waals surface area contributed by atoms with E-state index in [1.54, 1.807) is 4.90 Å². The molecule has 2 N–H and O–H groups in total. The van der Waals surface area contributed by atoms with Gasteiger partial charge < -0.3 is 15.5 Å². The van der Waals surface area contributed by atoms with Crippen LogP contribution in [0.3, 0.4) is 0 Å². The van der Waals surface area contributed by atoms with Crippen LogP contribution in [-0.4, -0.2) is 71.9 Å². The molecule has 6 heteroatoms. The van der Waals surface area contributed by atoms with Crippen LogP contribution in [-0.2, 0) is 11.2 Å². The molecule has 1 aromatic rings. The van der Waals surface area contributed by atoms with Gasteiger partial charge in [-0.05, 0) is 49.8 Å². The van der Waals surface area contributed by atoms with Crippen molar-refractivity contribution < 1.29 is 9.59 Å². The zero-order valence-electron chi connectivity index (χ0n) is 16.6. The van der Waals surface area contributed by atoms with E-state index in [1.807, 2.05) is 4.90 Å². The SMILES string of the molecule is Cc1ccc(CCC(=O)N2CCN(C3CCN(C(N)=O)CC3)CC2)cc1C. The fourth-order valence-electron chi connectivity index (χ4n) is 4.16. The molecule has 0 bridgehead atoms. The van der Waals surface area contributed by atoms with Crippen LogP contribution in [0.1, 0.15) is 36.0 Å². The van der Waals surface area contributed by atoms with Gasteiger partial charge in [0.15, 0.2) is 0 Å². The Morgan fingerprint density at radius 1 is 0.963 bits per heavy atom. The Bertz CT molecular complexity index is 675. The van der Waals surface area contributed by atoms with Crippen LogP contribution in [0.4, 0.5) is 4.79 Å². The number of nitrogens with zero attached hydrogens (tertiary/aromatic N) is 3. The summed E-state index contributed by atoms with van der Waals surface area (Å²) >= 11 is 0. The third-order valence-electron chi connectivity index (χ3n) is 6.16. The highest BCUT2D eigenvalue weighted by Gasteiger charge is 2.29. The molecule has 0 radical (unpaired) electrons. The Hall–Kier alpha value is -2.08. The molecule has 0 aromatic heterocycles. The van der Waals surface area contributed by atoms with E-state index in [1.165, 1.54) is 16.7 Å². The first-order chi connectivity index (χ1) is 12.9. The van der Waals surface area contributed by atoms with Crippen LogP contribution in [0, 0.1) is 13.8 Å². The number of likely N-dealkylation sites (tertiary alicyclic amines) is 1. The largest absolute Gasteiger partial charge is 0.351 e. The summed E-state index contributed by atoms with van der Waals surface area (Å²) in [4.78, 5) is 30.0. The minimum atomic E-state index is -0.312. The second-order valence-corrected chi connectivity index (χ2v) is 7.89. The van der Waals surface area contributed by atoms with E-state index in [4.69, 9.17) is 5.73 Å². The normalized spacial score (nSPS) is 19.3. The minimum Gasteiger partial charge on any atom is -0.351 e. The average Bonchev–Trinajstić information content (AvgIpc) is 2.69. The molecule has 2 saturated heterocycles. The van der Waals surface area contributed by atoms with E-state index in [-0.39, 0.29) is 11.9 Å². The van der Waals surface area contributed by atoms with Crippen molar-refractivity contribution in [2.45, 2.75) is 45.6 Å². The molecule has 148 valence electrons. The van der Waals surface area contributed by atoms with Gasteiger partial charge in [-0.25, -0.2) is 4.79 Å². The van der Waals surface area contributed by atoms with Gasteiger partial charge in [-0.3, -0.25) is 9.69 Å². The van der Waals surface area contributed by atoms with Crippen molar-refractivity contribution in [1.29, 1.82) is 0 Å². The molecule has 0 atom stereocenters. The first-order valence-corrected chi connectivity index (χ1v) is 10.1. The second-order valence-electron chi connectivity index (χ2n) is 7.89. The maximum atomic E-state index is 12.6. The van der Waals surface area contributed by atoms with Crippen LogP contribution in [0.15, 0.2) is 18.2 Å². The standard InChI is InChI=1S/C21H32N4O2/c1-16-3-4-18(15-17(16)2)5-6-20(26)24-13-11-23(12-14-24)19-7-9-25(10-8-19)21(22)27/h3-4,15,19H,5-14H2,1-2H3,(H2,22,27). The number of carbonyl (C=O) groups is 2. The fraction of sp³-hybridized carbons (Fsp3) is 0.619. The summed E-state index contributed by atoms with van der Waals surface area (Å²) in [6.45, 7) is 9.19. The maximum absolute atomic E-state index is 12.6. The van der Waals surface area contributed by atoms with Crippen LogP contribution in [0.25, 0.3) is 0 Å². The number of hydrogen-bond donors (Lipinski definition) is 1. The lowest BCUT2D eigenvalue weighted by Gasteiger charge is -2.42. The van der Waals surface area contributed by atoms with E-state index in [0.29, 0.717) is 12.5 Å². The lowest BCUT2D eigenvalue weighted by molar-refractivity contribution is -0.133. The lowest BCUT2D eigenvalue weighted by atomic mass is 10.0. The summed E-state index contributed by atoms with van der Waals surface area (Å²) in [5.41, 5.74) is 9.18. The summed E-state index contributed by atoms with van der Waals surface area (Å²) in [5, 5.41) is 0. The van der Waals surface area contributed by atoms with Crippen LogP contribution >= 0.6 is 0 Å². The molecule has 3 amide bonds. The maximum Gasteiger partial charge on any atom is 0.314 e. The molecule has 2 aliphatic rings. The number of piperidine rings is 1. The predicted octanol–water partition coefficient (Wildman–Crippen LogP) is 1.92. The molecule has 0 unspecified atom stereocenters. The summed E-state index contributed by atoms with van der Waals surface area (Å²) in [6.07, 6.45) is 3.35. The van der Waals surface area contributed by atoms with Gasteiger partial charge in [0, 0.05) is 51.7 Å². The van der Waals surface area contributed by atoms with E-state index >= 15 is 0 Å². The Kier molecular flexibility index (Phi) is 6.37. The molecule has 27 heavy (non-hydrogen) atoms. The third-order valence-corrected chi connectivity index (χ3v) is 6.16. The molecule has 1 aromatic carbocycles. The fourth-order valence-corrected chi connectivity index (χ4v) is 4.16. The summed E-state index contributed by atoms with van der Waals surface area (Å²) in [7, 11) is 0. The second kappa shape index (κ2) is 8.74. The molecule has 6 nitrogen and oxygen atoms in total. The Balaban J connectivity index is 1.41. The van der Waals surface area contributed by atoms with E-state index in [0.717, 1.165) is 58.5 Å². The van der Waals surface area contributed by atoms with Gasteiger partial charge in [0.05, 0.1) is 0 Å². The minimum absolute atomic E-state index is 0.261. The average molecular weight is 373 g/mol. The lowest BCUT2D eigenvalue weighted by Crippen LogP contribution is -2.55. The highest BCUT2D eigenvalue weighted by Crippen LogP contribution is 2.19. The van der Waals surface area contributed by atoms with Crippen molar-refractivity contribution in [3.05, 3.63) is 34.9 Å². The Morgan fingerprint density at radius 3 is 2.22 bits per heavy atom. The number of hydrogen-bond acceptors (Lipinski definition) is 3. The molecule has 2 heterocycles. The Morgan fingerprint density at radius 2 is 1.63 bits per heavy atom. The first kappa shape index (κ1) is 19.7. The summed E-state index contributed by atoms with van der Waals surface area (Å²) in [5.74, 6) is 0.261. The number of piperazine rings is 1. The van der Waals surface area contributed by atoms with Gasteiger partial charge in [-0.15, -0.1) is 0 Å². The quantitative estimate of drug-likeness (QED) is 0.878. The predicted molar refractivity (Wildman–Crippen MR) is 107 cm³/mol. The smallest absolute Gasteiger partial charge is 0.314 e. The summed E-state index contributed by atoms with van der Waals surface area (Å²) < 4.78 is 0. The van der Waals surface area contributed by atoms with Crippen LogP contribution in [0.2, 0.25) is 0 Å². The number of urea groups is 1. The Labute approximate surface area is 162 Å². The van der Waals surface area contributed by atoms with Crippen molar-refractivity contribution in [3.63, 3.8) is 0 Å². The summed E-state index contributed by atoms with van der Waals surface area (Å²) in [6, 6.07) is 6.66. The zero-order chi connectivity index (χ0) is 19.4. The number of nitrogens with two attached hydrogens (primary N) is 1. The molecule has 0 saturated carbocycles. The number of benzene rings is 1. The number of amides is 3. The van der Waals surface area contributed by atoms with Crippen LogP contribution in [0.5, 0.6) is 0 Å². The molecule has 0 spiro atoms. The van der Waals surface area contributed by atoms with E-state index in [2.05, 4.69) is 36.9 Å². The van der Waals surface area contributed by atoms with Crippen molar-refractivity contribution >= 4 is 11.9 Å². The third kappa shape index (κ3) is 5.01. The highest BCUT2D eigenvalue weighted by atomic mass is 16.2. The molecule has 3 rings (SSSR count). The van der Waals surface area contributed by atoms with Crippen molar-refractivity contribution in [2.24, 2.45) is 5.73 Å². The molecular weight excluding hydrogens is 340 g/mol. The van der Waals surface area contributed by atoms with Crippen LogP contribution < -0.4 is 5.73 Å². The van der Waals surface area contributed by atoms with Crippen molar-refractivity contribution in [1.82, 2.24) is 14.7 Å². The van der Waals surface area contributed by atoms with Gasteiger partial charge >= 0.3 is 6.03 Å². The molecule has 0 aliphatic carbocycles. The number of primary amides is 1. The van der Waals surface area contributed by atoms with E-state index < -0.39 is 0 Å². The molecule has 2 aliphatic heterocycles. The van der Waals surface area contributed by atoms with Gasteiger partial charge in [0.2, 0.25) is 5.91 Å². The van der Waals surface area contributed by atoms with Gasteiger partial charge in [0.25, 0.3) is 0 Å². The van der Waals surface area contributed by atoms with Crippen molar-refractivity contribution in [3.8, 4) is 0 Å². The zero-order valence-corrected chi connectivity index (χ0v) is 16.6. The topological polar surface area (TPSA) is 69.9 Å². The number of rotatable bonds is 4. The monoisotopic (exact) mass is 372 g/mol. The van der Waals surface area contributed by atoms with Gasteiger partial charge in [-0.2, -0.15) is 0 Å². The number of aryl methyl sites for hydroxylation is 3. The van der Waals surface area contributed by atoms with Crippen molar-refractivity contribution in [2.75, 3.05) is 39.3 Å². The van der Waals surface area contributed by atoms with Gasteiger partial charge in [-0.1, -0.05) is 18.2 Å². The van der Waals surface area contributed by atoms with E-state index in [9.17, 15) is 9.59 Å².